The molecule has 5 heteroatoms. The smallest absolute Gasteiger partial charge is 0.126 e. The minimum absolute atomic E-state index is 0.162. The summed E-state index contributed by atoms with van der Waals surface area (Å²) in [6.07, 6.45) is 0. The van der Waals surface area contributed by atoms with Gasteiger partial charge in [0.25, 0.3) is 0 Å². The standard InChI is InChI=1S/C17H19F2NO2/c1-12(13-9-14(18)11-15(19)10-13)20-7-8-22-17-5-3-16(21-2)4-6-17/h3-6,9-12,20H,7-8H2,1-2H3/t12-/m1/s1. The Morgan fingerprint density at radius 1 is 1.00 bits per heavy atom. The van der Waals surface area contributed by atoms with E-state index in [1.807, 2.05) is 31.2 Å². The van der Waals surface area contributed by atoms with Crippen molar-refractivity contribution in [2.24, 2.45) is 0 Å². The van der Waals surface area contributed by atoms with Gasteiger partial charge in [0.15, 0.2) is 0 Å². The van der Waals surface area contributed by atoms with Crippen molar-refractivity contribution in [2.75, 3.05) is 20.3 Å². The second kappa shape index (κ2) is 7.75. The molecule has 0 spiro atoms. The Labute approximate surface area is 128 Å². The van der Waals surface area contributed by atoms with Gasteiger partial charge in [-0.3, -0.25) is 0 Å². The summed E-state index contributed by atoms with van der Waals surface area (Å²) in [5.41, 5.74) is 0.571. The summed E-state index contributed by atoms with van der Waals surface area (Å²) < 4.78 is 37.0. The summed E-state index contributed by atoms with van der Waals surface area (Å²) in [4.78, 5) is 0. The molecule has 0 fully saturated rings. The van der Waals surface area contributed by atoms with Crippen molar-refractivity contribution in [1.29, 1.82) is 0 Å². The molecule has 0 aromatic heterocycles. The number of hydrogen-bond donors (Lipinski definition) is 1. The molecular formula is C17H19F2NO2. The highest BCUT2D eigenvalue weighted by atomic mass is 19.1. The molecule has 0 saturated heterocycles. The molecule has 2 rings (SSSR count). The highest BCUT2D eigenvalue weighted by molar-refractivity contribution is 5.31. The summed E-state index contributed by atoms with van der Waals surface area (Å²) in [7, 11) is 1.61. The maximum absolute atomic E-state index is 13.2. The van der Waals surface area contributed by atoms with Crippen LogP contribution >= 0.6 is 0 Å². The summed E-state index contributed by atoms with van der Waals surface area (Å²) in [6, 6.07) is 10.6. The molecule has 0 aliphatic rings. The number of nitrogens with one attached hydrogen (secondary N) is 1. The van der Waals surface area contributed by atoms with E-state index >= 15 is 0 Å². The van der Waals surface area contributed by atoms with E-state index in [-0.39, 0.29) is 6.04 Å². The van der Waals surface area contributed by atoms with Gasteiger partial charge in [-0.25, -0.2) is 8.78 Å². The Kier molecular flexibility index (Phi) is 5.72. The van der Waals surface area contributed by atoms with Gasteiger partial charge >= 0.3 is 0 Å². The number of benzene rings is 2. The van der Waals surface area contributed by atoms with Crippen molar-refractivity contribution in [2.45, 2.75) is 13.0 Å². The van der Waals surface area contributed by atoms with Gasteiger partial charge in [-0.05, 0) is 48.9 Å². The molecule has 22 heavy (non-hydrogen) atoms. The predicted molar refractivity (Wildman–Crippen MR) is 81.3 cm³/mol. The Balaban J connectivity index is 1.77. The van der Waals surface area contributed by atoms with E-state index in [1.165, 1.54) is 12.1 Å². The van der Waals surface area contributed by atoms with E-state index in [1.54, 1.807) is 7.11 Å². The maximum Gasteiger partial charge on any atom is 0.126 e. The lowest BCUT2D eigenvalue weighted by molar-refractivity contribution is 0.307. The van der Waals surface area contributed by atoms with Crippen molar-refractivity contribution in [3.05, 3.63) is 59.7 Å². The van der Waals surface area contributed by atoms with Crippen LogP contribution in [0.4, 0.5) is 8.78 Å². The fraction of sp³-hybridized carbons (Fsp3) is 0.294. The Bertz CT molecular complexity index is 582. The fourth-order valence-electron chi connectivity index (χ4n) is 2.06. The molecule has 0 radical (unpaired) electrons. The lowest BCUT2D eigenvalue weighted by Crippen LogP contribution is -2.24. The van der Waals surface area contributed by atoms with Crippen molar-refractivity contribution >= 4 is 0 Å². The first-order valence-corrected chi connectivity index (χ1v) is 7.04. The largest absolute Gasteiger partial charge is 0.497 e. The molecule has 0 saturated carbocycles. The molecule has 2 aromatic carbocycles. The average Bonchev–Trinajstić information content (AvgIpc) is 2.51. The van der Waals surface area contributed by atoms with E-state index < -0.39 is 11.6 Å². The first-order valence-electron chi connectivity index (χ1n) is 7.04. The minimum atomic E-state index is -0.571. The maximum atomic E-state index is 13.2. The second-order valence-corrected chi connectivity index (χ2v) is 4.90. The first kappa shape index (κ1) is 16.2. The number of rotatable bonds is 7. The number of hydrogen-bond acceptors (Lipinski definition) is 3. The molecular weight excluding hydrogens is 288 g/mol. The molecule has 0 heterocycles. The molecule has 3 nitrogen and oxygen atoms in total. The van der Waals surface area contributed by atoms with E-state index in [0.717, 1.165) is 17.6 Å². The summed E-state index contributed by atoms with van der Waals surface area (Å²) in [5, 5.41) is 3.16. The van der Waals surface area contributed by atoms with Crippen molar-refractivity contribution in [3.8, 4) is 11.5 Å². The van der Waals surface area contributed by atoms with Crippen LogP contribution in [0.15, 0.2) is 42.5 Å². The van der Waals surface area contributed by atoms with Gasteiger partial charge in [-0.1, -0.05) is 0 Å². The number of halogens is 2. The summed E-state index contributed by atoms with van der Waals surface area (Å²) >= 11 is 0. The third-order valence-corrected chi connectivity index (χ3v) is 3.27. The van der Waals surface area contributed by atoms with Gasteiger partial charge in [0.05, 0.1) is 7.11 Å². The van der Waals surface area contributed by atoms with Crippen LogP contribution in [0, 0.1) is 11.6 Å². The average molecular weight is 307 g/mol. The zero-order chi connectivity index (χ0) is 15.9. The first-order chi connectivity index (χ1) is 10.6. The van der Waals surface area contributed by atoms with Crippen molar-refractivity contribution in [3.63, 3.8) is 0 Å². The van der Waals surface area contributed by atoms with Crippen LogP contribution in [0.1, 0.15) is 18.5 Å². The lowest BCUT2D eigenvalue weighted by Gasteiger charge is -2.15. The highest BCUT2D eigenvalue weighted by Crippen LogP contribution is 2.17. The lowest BCUT2D eigenvalue weighted by atomic mass is 10.1. The third kappa shape index (κ3) is 4.70. The molecule has 1 atom stereocenters. The molecule has 0 bridgehead atoms. The zero-order valence-electron chi connectivity index (χ0n) is 12.6. The van der Waals surface area contributed by atoms with Crippen LogP contribution in [0.3, 0.4) is 0 Å². The van der Waals surface area contributed by atoms with Gasteiger partial charge in [-0.15, -0.1) is 0 Å². The monoisotopic (exact) mass is 307 g/mol. The van der Waals surface area contributed by atoms with Crippen LogP contribution in [0.2, 0.25) is 0 Å². The SMILES string of the molecule is COc1ccc(OCCN[C@H](C)c2cc(F)cc(F)c2)cc1. The van der Waals surface area contributed by atoms with E-state index in [0.29, 0.717) is 18.7 Å². The molecule has 0 aliphatic heterocycles. The predicted octanol–water partition coefficient (Wildman–Crippen LogP) is 3.70. The van der Waals surface area contributed by atoms with Gasteiger partial charge in [-0.2, -0.15) is 0 Å². The molecule has 1 N–H and O–H groups in total. The van der Waals surface area contributed by atoms with E-state index in [4.69, 9.17) is 9.47 Å². The van der Waals surface area contributed by atoms with Crippen LogP contribution < -0.4 is 14.8 Å². The molecule has 118 valence electrons. The highest BCUT2D eigenvalue weighted by Gasteiger charge is 2.08. The second-order valence-electron chi connectivity index (χ2n) is 4.90. The van der Waals surface area contributed by atoms with Gasteiger partial charge in [0, 0.05) is 18.7 Å². The summed E-state index contributed by atoms with van der Waals surface area (Å²) in [5.74, 6) is 0.371. The zero-order valence-corrected chi connectivity index (χ0v) is 12.6. The van der Waals surface area contributed by atoms with Crippen LogP contribution in [-0.4, -0.2) is 20.3 Å². The minimum Gasteiger partial charge on any atom is -0.497 e. The summed E-state index contributed by atoms with van der Waals surface area (Å²) in [6.45, 7) is 2.86. The van der Waals surface area contributed by atoms with Crippen molar-refractivity contribution in [1.82, 2.24) is 5.32 Å². The Morgan fingerprint density at radius 3 is 2.18 bits per heavy atom. The van der Waals surface area contributed by atoms with E-state index in [9.17, 15) is 8.78 Å². The Hall–Kier alpha value is -2.14. The van der Waals surface area contributed by atoms with Gasteiger partial charge in [0.1, 0.15) is 29.7 Å². The fourth-order valence-corrected chi connectivity index (χ4v) is 2.06. The van der Waals surface area contributed by atoms with Crippen LogP contribution in [0.5, 0.6) is 11.5 Å². The van der Waals surface area contributed by atoms with Crippen LogP contribution in [-0.2, 0) is 0 Å². The topological polar surface area (TPSA) is 30.5 Å². The third-order valence-electron chi connectivity index (χ3n) is 3.27. The van der Waals surface area contributed by atoms with Crippen LogP contribution in [0.25, 0.3) is 0 Å². The quantitative estimate of drug-likeness (QED) is 0.791. The van der Waals surface area contributed by atoms with E-state index in [2.05, 4.69) is 5.32 Å². The number of ether oxygens (including phenoxy) is 2. The molecule has 0 unspecified atom stereocenters. The van der Waals surface area contributed by atoms with Crippen molar-refractivity contribution < 1.29 is 18.3 Å². The Morgan fingerprint density at radius 2 is 1.59 bits per heavy atom. The van der Waals surface area contributed by atoms with Gasteiger partial charge in [0.2, 0.25) is 0 Å². The van der Waals surface area contributed by atoms with Gasteiger partial charge < -0.3 is 14.8 Å². The normalized spacial score (nSPS) is 12.0. The molecule has 2 aromatic rings. The molecule has 0 aliphatic carbocycles. The number of methoxy groups -OCH3 is 1. The molecule has 0 amide bonds.